The van der Waals surface area contributed by atoms with E-state index in [1.807, 2.05) is 37.3 Å². The average Bonchev–Trinajstić information content (AvgIpc) is 3.48. The van der Waals surface area contributed by atoms with Crippen molar-refractivity contribution in [2.24, 2.45) is 5.18 Å². The molecule has 2 N–H and O–H groups in total. The van der Waals surface area contributed by atoms with Gasteiger partial charge in [-0.15, -0.1) is 4.91 Å². The summed E-state index contributed by atoms with van der Waals surface area (Å²) in [5.41, 5.74) is 10.5. The van der Waals surface area contributed by atoms with Gasteiger partial charge in [0.1, 0.15) is 5.56 Å². The summed E-state index contributed by atoms with van der Waals surface area (Å²) in [7, 11) is 0. The number of anilines is 1. The lowest BCUT2D eigenvalue weighted by Crippen LogP contribution is -2.23. The van der Waals surface area contributed by atoms with E-state index >= 15 is 0 Å². The molecule has 1 fully saturated rings. The number of aryl methyl sites for hydroxylation is 1. The molecule has 0 aliphatic heterocycles. The first kappa shape index (κ1) is 16.2. The Kier molecular flexibility index (Phi) is 3.68. The lowest BCUT2D eigenvalue weighted by Gasteiger charge is -2.15. The molecule has 1 aliphatic carbocycles. The Bertz CT molecular complexity index is 1110. The summed E-state index contributed by atoms with van der Waals surface area (Å²) in [4.78, 5) is 35.1. The maximum Gasteiger partial charge on any atom is 0.322 e. The lowest BCUT2D eigenvalue weighted by atomic mass is 9.96. The van der Waals surface area contributed by atoms with Crippen LogP contribution in [0.5, 0.6) is 0 Å². The summed E-state index contributed by atoms with van der Waals surface area (Å²) in [6.45, 7) is 1.96. The number of nitroso groups, excluding NO2 is 1. The number of benzene rings is 1. The summed E-state index contributed by atoms with van der Waals surface area (Å²) in [6.07, 6.45) is 3.66. The van der Waals surface area contributed by atoms with Gasteiger partial charge in [-0.05, 0) is 72.2 Å². The number of rotatable bonds is 3. The van der Waals surface area contributed by atoms with Gasteiger partial charge in [0.05, 0.1) is 5.52 Å². The molecule has 0 unspecified atom stereocenters. The van der Waals surface area contributed by atoms with E-state index in [9.17, 15) is 14.5 Å². The molecule has 0 radical (unpaired) electrons. The second kappa shape index (κ2) is 5.91. The number of fused-ring (bicyclic) bond motifs is 1. The van der Waals surface area contributed by atoms with Gasteiger partial charge in [-0.1, -0.05) is 12.1 Å². The molecule has 26 heavy (non-hydrogen) atoms. The molecule has 3 aromatic rings. The van der Waals surface area contributed by atoms with Gasteiger partial charge in [0, 0.05) is 17.1 Å². The molecule has 0 atom stereocenters. The van der Waals surface area contributed by atoms with Crippen LogP contribution < -0.4 is 11.3 Å². The topological polar surface area (TPSA) is 94.0 Å². The van der Waals surface area contributed by atoms with Crippen molar-refractivity contribution in [3.05, 3.63) is 74.5 Å². The highest BCUT2D eigenvalue weighted by Gasteiger charge is 2.29. The molecule has 1 aromatic carbocycles. The number of pyridine rings is 2. The Morgan fingerprint density at radius 3 is 2.50 bits per heavy atom. The zero-order valence-electron chi connectivity index (χ0n) is 14.2. The number of amides is 1. The summed E-state index contributed by atoms with van der Waals surface area (Å²) in [5.74, 6) is -0.726. The van der Waals surface area contributed by atoms with E-state index in [1.165, 1.54) is 4.40 Å². The number of carbonyl (C=O) groups is 1. The predicted molar refractivity (Wildman–Crippen MR) is 100 cm³/mol. The van der Waals surface area contributed by atoms with Crippen molar-refractivity contribution in [2.75, 3.05) is 5.73 Å². The highest BCUT2D eigenvalue weighted by atomic mass is 16.3. The highest BCUT2D eigenvalue weighted by Crippen LogP contribution is 2.43. The Balaban J connectivity index is 2.04. The maximum atomic E-state index is 12.7. The standard InChI is InChI=1S/C20H17N3O3/c1-11-15(12-4-6-14(21)7-5-12)8-9-23-18(11)16(13-2-3-13)10-17(20(23)25)19(24)22-26/h4-10,13H,2-3,21H2,1H3. The third kappa shape index (κ3) is 2.50. The van der Waals surface area contributed by atoms with Gasteiger partial charge in [0.15, 0.2) is 0 Å². The highest BCUT2D eigenvalue weighted by molar-refractivity contribution is 5.95. The molecule has 4 rings (SSSR count). The molecule has 0 spiro atoms. The molecule has 6 heteroatoms. The molecule has 130 valence electrons. The Labute approximate surface area is 149 Å². The molecular weight excluding hydrogens is 330 g/mol. The van der Waals surface area contributed by atoms with Crippen molar-refractivity contribution in [2.45, 2.75) is 25.7 Å². The Morgan fingerprint density at radius 1 is 1.19 bits per heavy atom. The number of nitrogens with two attached hydrogens (primary N) is 1. The van der Waals surface area contributed by atoms with Crippen LogP contribution in [0.3, 0.4) is 0 Å². The molecule has 0 saturated heterocycles. The van der Waals surface area contributed by atoms with Crippen molar-refractivity contribution in [1.82, 2.24) is 4.40 Å². The molecule has 1 aliphatic rings. The van der Waals surface area contributed by atoms with E-state index < -0.39 is 11.5 Å². The first-order valence-electron chi connectivity index (χ1n) is 8.43. The molecule has 2 heterocycles. The van der Waals surface area contributed by atoms with Gasteiger partial charge in [0.2, 0.25) is 0 Å². The largest absolute Gasteiger partial charge is 0.399 e. The van der Waals surface area contributed by atoms with Crippen LogP contribution in [-0.4, -0.2) is 10.3 Å². The van der Waals surface area contributed by atoms with Gasteiger partial charge < -0.3 is 5.73 Å². The third-order valence-corrected chi connectivity index (χ3v) is 4.97. The van der Waals surface area contributed by atoms with E-state index in [-0.39, 0.29) is 5.56 Å². The lowest BCUT2D eigenvalue weighted by molar-refractivity contribution is 0.0999. The fraction of sp³-hybridized carbons (Fsp3) is 0.200. The molecule has 2 aromatic heterocycles. The minimum absolute atomic E-state index is 0.168. The number of hydrogen-bond acceptors (Lipinski definition) is 4. The second-order valence-electron chi connectivity index (χ2n) is 6.68. The van der Waals surface area contributed by atoms with Crippen molar-refractivity contribution < 1.29 is 4.79 Å². The van der Waals surface area contributed by atoms with Gasteiger partial charge >= 0.3 is 5.91 Å². The number of aromatic nitrogens is 1. The van der Waals surface area contributed by atoms with Crippen LogP contribution in [0.15, 0.2) is 52.6 Å². The average molecular weight is 347 g/mol. The summed E-state index contributed by atoms with van der Waals surface area (Å²) >= 11 is 0. The Morgan fingerprint density at radius 2 is 1.88 bits per heavy atom. The fourth-order valence-corrected chi connectivity index (χ4v) is 3.48. The van der Waals surface area contributed by atoms with Crippen LogP contribution >= 0.6 is 0 Å². The van der Waals surface area contributed by atoms with Gasteiger partial charge in [0.25, 0.3) is 5.56 Å². The zero-order chi connectivity index (χ0) is 18.4. The van der Waals surface area contributed by atoms with Crippen molar-refractivity contribution in [1.29, 1.82) is 0 Å². The first-order chi connectivity index (χ1) is 12.5. The number of carbonyl (C=O) groups excluding carboxylic acids is 1. The smallest absolute Gasteiger partial charge is 0.322 e. The van der Waals surface area contributed by atoms with E-state index in [1.54, 1.807) is 12.3 Å². The summed E-state index contributed by atoms with van der Waals surface area (Å²) in [5, 5.41) is 2.43. The van der Waals surface area contributed by atoms with E-state index in [0.29, 0.717) is 11.6 Å². The second-order valence-corrected chi connectivity index (χ2v) is 6.68. The van der Waals surface area contributed by atoms with Crippen molar-refractivity contribution in [3.8, 4) is 11.1 Å². The quantitative estimate of drug-likeness (QED) is 0.578. The zero-order valence-corrected chi connectivity index (χ0v) is 14.2. The van der Waals surface area contributed by atoms with Crippen LogP contribution in [0.1, 0.15) is 40.2 Å². The van der Waals surface area contributed by atoms with Gasteiger partial charge in [-0.3, -0.25) is 14.0 Å². The van der Waals surface area contributed by atoms with Crippen LogP contribution in [-0.2, 0) is 0 Å². The van der Waals surface area contributed by atoms with Crippen LogP contribution in [0.4, 0.5) is 5.69 Å². The number of hydrogen-bond donors (Lipinski definition) is 1. The van der Waals surface area contributed by atoms with E-state index in [4.69, 9.17) is 5.73 Å². The molecule has 1 saturated carbocycles. The fourth-order valence-electron chi connectivity index (χ4n) is 3.48. The predicted octanol–water partition coefficient (Wildman–Crippen LogP) is 3.64. The van der Waals surface area contributed by atoms with Crippen LogP contribution in [0.2, 0.25) is 0 Å². The molecule has 0 bridgehead atoms. The molecule has 6 nitrogen and oxygen atoms in total. The monoisotopic (exact) mass is 347 g/mol. The van der Waals surface area contributed by atoms with Gasteiger partial charge in [-0.25, -0.2) is 0 Å². The summed E-state index contributed by atoms with van der Waals surface area (Å²) < 4.78 is 1.46. The number of nitrogen functional groups attached to an aromatic ring is 1. The van der Waals surface area contributed by atoms with Crippen LogP contribution in [0.25, 0.3) is 16.6 Å². The minimum atomic E-state index is -1.02. The van der Waals surface area contributed by atoms with E-state index in [0.717, 1.165) is 40.6 Å². The molecule has 1 amide bonds. The molecular formula is C20H17N3O3. The van der Waals surface area contributed by atoms with Crippen molar-refractivity contribution in [3.63, 3.8) is 0 Å². The Hall–Kier alpha value is -3.28. The van der Waals surface area contributed by atoms with E-state index in [2.05, 4.69) is 5.18 Å². The SMILES string of the molecule is Cc1c(-c2ccc(N)cc2)ccn2c(=O)c(C(=O)N=O)cc(C3CC3)c12. The van der Waals surface area contributed by atoms with Gasteiger partial charge in [-0.2, -0.15) is 0 Å². The normalized spacial score (nSPS) is 13.7. The summed E-state index contributed by atoms with van der Waals surface area (Å²) in [6, 6.07) is 11.0. The van der Waals surface area contributed by atoms with Crippen LogP contribution in [0, 0.1) is 11.8 Å². The van der Waals surface area contributed by atoms with Crippen molar-refractivity contribution >= 4 is 17.1 Å². The third-order valence-electron chi connectivity index (χ3n) is 4.97. The number of nitrogens with zero attached hydrogens (tertiary/aromatic N) is 2. The minimum Gasteiger partial charge on any atom is -0.399 e. The first-order valence-corrected chi connectivity index (χ1v) is 8.43. The maximum absolute atomic E-state index is 12.7.